The zero-order chi connectivity index (χ0) is 10.7. The molecule has 0 bridgehead atoms. The molecule has 0 aromatic carbocycles. The minimum absolute atomic E-state index is 0.404. The molecule has 1 aliphatic heterocycles. The average molecular weight is 241 g/mol. The van der Waals surface area contributed by atoms with E-state index in [1.807, 2.05) is 11.7 Å². The minimum Gasteiger partial charge on any atom is -0.393 e. The summed E-state index contributed by atoms with van der Waals surface area (Å²) in [5.74, 6) is 0.404. The molecule has 0 aliphatic carbocycles. The number of thiocarbonyl (C=S) groups is 1. The molecule has 1 saturated heterocycles. The first-order chi connectivity index (χ1) is 7.25. The Morgan fingerprint density at radius 2 is 2.60 bits per heavy atom. The second-order valence-corrected chi connectivity index (χ2v) is 5.39. The van der Waals surface area contributed by atoms with E-state index in [4.69, 9.17) is 18.0 Å². The summed E-state index contributed by atoms with van der Waals surface area (Å²) >= 11 is 6.77. The number of likely N-dealkylation sites (tertiary alicyclic amines) is 1. The Morgan fingerprint density at radius 1 is 1.73 bits per heavy atom. The van der Waals surface area contributed by atoms with Crippen LogP contribution < -0.4 is 5.73 Å². The van der Waals surface area contributed by atoms with Gasteiger partial charge in [-0.2, -0.15) is 0 Å². The van der Waals surface area contributed by atoms with Crippen LogP contribution in [0.2, 0.25) is 0 Å². The molecule has 2 heterocycles. The van der Waals surface area contributed by atoms with Gasteiger partial charge in [0.15, 0.2) is 0 Å². The maximum atomic E-state index is 5.70. The molecular formula is C10H15N3S2. The van der Waals surface area contributed by atoms with E-state index in [9.17, 15) is 0 Å². The molecule has 0 amide bonds. The van der Waals surface area contributed by atoms with Crippen LogP contribution in [0.15, 0.2) is 11.7 Å². The molecular weight excluding hydrogens is 226 g/mol. The predicted octanol–water partition coefficient (Wildman–Crippen LogP) is 1.64. The lowest BCUT2D eigenvalue weighted by Gasteiger charge is -2.31. The van der Waals surface area contributed by atoms with Crippen LogP contribution in [0.1, 0.15) is 17.7 Å². The molecule has 0 radical (unpaired) electrons. The number of rotatable bonds is 3. The molecule has 0 spiro atoms. The Morgan fingerprint density at radius 3 is 3.27 bits per heavy atom. The molecule has 0 saturated carbocycles. The van der Waals surface area contributed by atoms with Crippen LogP contribution in [0.3, 0.4) is 0 Å². The number of piperidine rings is 1. The number of aromatic nitrogens is 1. The third-order valence-electron chi connectivity index (χ3n) is 2.77. The molecule has 1 fully saturated rings. The van der Waals surface area contributed by atoms with Gasteiger partial charge in [0.25, 0.3) is 0 Å². The first-order valence-corrected chi connectivity index (χ1v) is 6.43. The zero-order valence-electron chi connectivity index (χ0n) is 8.56. The van der Waals surface area contributed by atoms with Crippen LogP contribution in [0.25, 0.3) is 0 Å². The van der Waals surface area contributed by atoms with Crippen LogP contribution in [-0.2, 0) is 6.54 Å². The highest BCUT2D eigenvalue weighted by Gasteiger charge is 2.21. The monoisotopic (exact) mass is 241 g/mol. The summed E-state index contributed by atoms with van der Waals surface area (Å²) < 4.78 is 0. The van der Waals surface area contributed by atoms with E-state index >= 15 is 0 Å². The molecule has 5 heteroatoms. The van der Waals surface area contributed by atoms with Crippen molar-refractivity contribution in [2.75, 3.05) is 13.1 Å². The van der Waals surface area contributed by atoms with E-state index in [1.54, 1.807) is 11.3 Å². The maximum absolute atomic E-state index is 5.70. The second-order valence-electron chi connectivity index (χ2n) is 3.94. The Hall–Kier alpha value is -0.520. The van der Waals surface area contributed by atoms with Crippen LogP contribution in [0, 0.1) is 5.92 Å². The smallest absolute Gasteiger partial charge is 0.0794 e. The molecule has 82 valence electrons. The number of nitrogens with two attached hydrogens (primary N) is 1. The first-order valence-electron chi connectivity index (χ1n) is 5.15. The van der Waals surface area contributed by atoms with Crippen LogP contribution in [-0.4, -0.2) is 28.0 Å². The molecule has 15 heavy (non-hydrogen) atoms. The average Bonchev–Trinajstić information content (AvgIpc) is 2.71. The van der Waals surface area contributed by atoms with Gasteiger partial charge >= 0.3 is 0 Å². The number of thiazole rings is 1. The fourth-order valence-electron chi connectivity index (χ4n) is 1.97. The molecule has 2 N–H and O–H groups in total. The SMILES string of the molecule is NC(=S)C1CCCN(Cc2cncs2)C1. The highest BCUT2D eigenvalue weighted by atomic mass is 32.1. The summed E-state index contributed by atoms with van der Waals surface area (Å²) in [5, 5.41) is 0. The summed E-state index contributed by atoms with van der Waals surface area (Å²) in [6.07, 6.45) is 4.28. The van der Waals surface area contributed by atoms with E-state index in [2.05, 4.69) is 9.88 Å². The summed E-state index contributed by atoms with van der Waals surface area (Å²) in [6, 6.07) is 0. The Bertz CT molecular complexity index is 323. The lowest BCUT2D eigenvalue weighted by atomic mass is 9.98. The van der Waals surface area contributed by atoms with Gasteiger partial charge in [-0.1, -0.05) is 12.2 Å². The van der Waals surface area contributed by atoms with Gasteiger partial charge in [0, 0.05) is 30.1 Å². The molecule has 1 aromatic heterocycles. The van der Waals surface area contributed by atoms with Gasteiger partial charge in [-0.25, -0.2) is 0 Å². The maximum Gasteiger partial charge on any atom is 0.0794 e. The van der Waals surface area contributed by atoms with Crippen molar-refractivity contribution >= 4 is 28.5 Å². The van der Waals surface area contributed by atoms with Crippen LogP contribution in [0.4, 0.5) is 0 Å². The number of nitrogens with zero attached hydrogens (tertiary/aromatic N) is 2. The van der Waals surface area contributed by atoms with Gasteiger partial charge in [-0.05, 0) is 19.4 Å². The van der Waals surface area contributed by atoms with Gasteiger partial charge < -0.3 is 5.73 Å². The summed E-state index contributed by atoms with van der Waals surface area (Å²) in [4.78, 5) is 8.49. The van der Waals surface area contributed by atoms with Crippen molar-refractivity contribution in [3.63, 3.8) is 0 Å². The highest BCUT2D eigenvalue weighted by molar-refractivity contribution is 7.80. The zero-order valence-corrected chi connectivity index (χ0v) is 10.2. The lowest BCUT2D eigenvalue weighted by Crippen LogP contribution is -2.39. The Labute approximate surface area is 99.3 Å². The molecule has 1 unspecified atom stereocenters. The van der Waals surface area contributed by atoms with E-state index < -0.39 is 0 Å². The fourth-order valence-corrected chi connectivity index (χ4v) is 2.80. The third-order valence-corrected chi connectivity index (χ3v) is 3.87. The second kappa shape index (κ2) is 5.01. The number of hydrogen-bond donors (Lipinski definition) is 1. The van der Waals surface area contributed by atoms with E-state index in [1.165, 1.54) is 11.3 Å². The van der Waals surface area contributed by atoms with Crippen molar-refractivity contribution in [3.8, 4) is 0 Å². The molecule has 1 aromatic rings. The van der Waals surface area contributed by atoms with Gasteiger partial charge in [0.2, 0.25) is 0 Å². The van der Waals surface area contributed by atoms with Crippen molar-refractivity contribution in [2.24, 2.45) is 11.7 Å². The minimum atomic E-state index is 0.404. The van der Waals surface area contributed by atoms with Gasteiger partial charge in [0.1, 0.15) is 0 Å². The van der Waals surface area contributed by atoms with Gasteiger partial charge in [-0.3, -0.25) is 9.88 Å². The van der Waals surface area contributed by atoms with Crippen molar-refractivity contribution in [2.45, 2.75) is 19.4 Å². The Balaban J connectivity index is 1.90. The predicted molar refractivity (Wildman–Crippen MR) is 66.9 cm³/mol. The molecule has 2 rings (SSSR count). The molecule has 1 atom stereocenters. The first kappa shape index (κ1) is 11.0. The fraction of sp³-hybridized carbons (Fsp3) is 0.600. The lowest BCUT2D eigenvalue weighted by molar-refractivity contribution is 0.198. The normalized spacial score (nSPS) is 22.8. The topological polar surface area (TPSA) is 42.1 Å². The third kappa shape index (κ3) is 2.96. The summed E-state index contributed by atoms with van der Waals surface area (Å²) in [6.45, 7) is 3.15. The van der Waals surface area contributed by atoms with Crippen molar-refractivity contribution in [3.05, 3.63) is 16.6 Å². The van der Waals surface area contributed by atoms with Crippen LogP contribution >= 0.6 is 23.6 Å². The highest BCUT2D eigenvalue weighted by Crippen LogP contribution is 2.19. The summed E-state index contributed by atoms with van der Waals surface area (Å²) in [7, 11) is 0. The van der Waals surface area contributed by atoms with Crippen molar-refractivity contribution < 1.29 is 0 Å². The van der Waals surface area contributed by atoms with Gasteiger partial charge in [-0.15, -0.1) is 11.3 Å². The van der Waals surface area contributed by atoms with Crippen molar-refractivity contribution in [1.29, 1.82) is 0 Å². The standard InChI is InChI=1S/C10H15N3S2/c11-10(14)8-2-1-3-13(5-8)6-9-4-12-7-15-9/h4,7-8H,1-3,5-6H2,(H2,11,14). The number of hydrogen-bond acceptors (Lipinski definition) is 4. The van der Waals surface area contributed by atoms with E-state index in [-0.39, 0.29) is 0 Å². The van der Waals surface area contributed by atoms with E-state index in [0.29, 0.717) is 10.9 Å². The van der Waals surface area contributed by atoms with Crippen molar-refractivity contribution in [1.82, 2.24) is 9.88 Å². The summed E-state index contributed by atoms with van der Waals surface area (Å²) in [5.41, 5.74) is 7.58. The Kier molecular flexibility index (Phi) is 3.66. The molecule has 1 aliphatic rings. The van der Waals surface area contributed by atoms with Crippen LogP contribution in [0.5, 0.6) is 0 Å². The van der Waals surface area contributed by atoms with E-state index in [0.717, 1.165) is 26.1 Å². The molecule has 3 nitrogen and oxygen atoms in total. The van der Waals surface area contributed by atoms with Gasteiger partial charge in [0.05, 0.1) is 10.5 Å². The quantitative estimate of drug-likeness (QED) is 0.817. The largest absolute Gasteiger partial charge is 0.393 e.